The fourth-order valence-electron chi connectivity index (χ4n) is 2.15. The molecule has 2 rings (SSSR count). The van der Waals surface area contributed by atoms with E-state index >= 15 is 0 Å². The fraction of sp³-hybridized carbons (Fsp3) is 0.278. The number of guanidine groups is 1. The highest BCUT2D eigenvalue weighted by atomic mass is 16.5. The van der Waals surface area contributed by atoms with Crippen LogP contribution in [0, 0.1) is 0 Å². The maximum atomic E-state index is 9.84. The van der Waals surface area contributed by atoms with Gasteiger partial charge in [0.25, 0.3) is 0 Å². The van der Waals surface area contributed by atoms with Gasteiger partial charge in [-0.05, 0) is 41.8 Å². The van der Waals surface area contributed by atoms with Crippen LogP contribution in [0.15, 0.2) is 47.5 Å². The first-order valence-electron chi connectivity index (χ1n) is 7.52. The number of nitrogens with zero attached hydrogens (tertiary/aromatic N) is 1. The molecule has 5 nitrogen and oxygen atoms in total. The Labute approximate surface area is 136 Å². The van der Waals surface area contributed by atoms with E-state index in [4.69, 9.17) is 10.5 Å². The summed E-state index contributed by atoms with van der Waals surface area (Å²) in [6.07, 6.45) is 0. The number of hydrogen-bond acceptors (Lipinski definition) is 3. The molecule has 0 saturated carbocycles. The molecule has 0 bridgehead atoms. The number of hydrogen-bond donors (Lipinski definition) is 3. The summed E-state index contributed by atoms with van der Waals surface area (Å²) in [4.78, 5) is 4.27. The third-order valence-corrected chi connectivity index (χ3v) is 3.53. The van der Waals surface area contributed by atoms with Gasteiger partial charge in [-0.3, -0.25) is 0 Å². The Morgan fingerprint density at radius 1 is 1.26 bits per heavy atom. The molecule has 0 radical (unpaired) electrons. The summed E-state index contributed by atoms with van der Waals surface area (Å²) in [5.41, 5.74) is 8.71. The maximum absolute atomic E-state index is 9.84. The molecule has 5 heteroatoms. The number of methoxy groups -OCH3 is 1. The van der Waals surface area contributed by atoms with Crippen molar-refractivity contribution in [1.29, 1.82) is 0 Å². The van der Waals surface area contributed by atoms with Gasteiger partial charge in [0.15, 0.2) is 5.96 Å². The Kier molecular flexibility index (Phi) is 5.46. The van der Waals surface area contributed by atoms with Crippen molar-refractivity contribution in [2.45, 2.75) is 26.3 Å². The third-order valence-electron chi connectivity index (χ3n) is 3.53. The van der Waals surface area contributed by atoms with Crippen molar-refractivity contribution in [3.63, 3.8) is 0 Å². The maximum Gasteiger partial charge on any atom is 0.193 e. The summed E-state index contributed by atoms with van der Waals surface area (Å²) in [6, 6.07) is 13.1. The first kappa shape index (κ1) is 16.7. The van der Waals surface area contributed by atoms with Crippen LogP contribution in [0.5, 0.6) is 11.5 Å². The van der Waals surface area contributed by atoms with Crippen LogP contribution in [0.4, 0.5) is 5.69 Å². The molecule has 0 aliphatic rings. The van der Waals surface area contributed by atoms with E-state index in [2.05, 4.69) is 36.3 Å². The van der Waals surface area contributed by atoms with Crippen LogP contribution in [-0.4, -0.2) is 18.2 Å². The molecule has 0 unspecified atom stereocenters. The van der Waals surface area contributed by atoms with Crippen LogP contribution in [0.1, 0.15) is 30.9 Å². The summed E-state index contributed by atoms with van der Waals surface area (Å²) in [7, 11) is 1.58. The summed E-state index contributed by atoms with van der Waals surface area (Å²) >= 11 is 0. The van der Waals surface area contributed by atoms with E-state index in [1.807, 2.05) is 12.1 Å². The lowest BCUT2D eigenvalue weighted by atomic mass is 10.0. The predicted molar refractivity (Wildman–Crippen MR) is 94.1 cm³/mol. The van der Waals surface area contributed by atoms with Crippen LogP contribution in [-0.2, 0) is 6.54 Å². The van der Waals surface area contributed by atoms with Crippen molar-refractivity contribution in [3.8, 4) is 11.5 Å². The number of nitrogens with one attached hydrogen (secondary N) is 1. The Hall–Kier alpha value is -2.69. The molecule has 0 aliphatic carbocycles. The van der Waals surface area contributed by atoms with E-state index in [1.54, 1.807) is 25.3 Å². The smallest absolute Gasteiger partial charge is 0.193 e. The Balaban J connectivity index is 2.07. The zero-order chi connectivity index (χ0) is 16.8. The predicted octanol–water partition coefficient (Wildman–Crippen LogP) is 3.45. The molecule has 23 heavy (non-hydrogen) atoms. The van der Waals surface area contributed by atoms with E-state index < -0.39 is 0 Å². The van der Waals surface area contributed by atoms with Gasteiger partial charge in [0.05, 0.1) is 13.7 Å². The van der Waals surface area contributed by atoms with Crippen molar-refractivity contribution in [3.05, 3.63) is 53.6 Å². The molecule has 0 aromatic heterocycles. The highest BCUT2D eigenvalue weighted by molar-refractivity contribution is 5.92. The van der Waals surface area contributed by atoms with Gasteiger partial charge in [0.2, 0.25) is 0 Å². The van der Waals surface area contributed by atoms with Crippen LogP contribution >= 0.6 is 0 Å². The average molecular weight is 313 g/mol. The first-order chi connectivity index (χ1) is 11.0. The molecule has 0 aliphatic heterocycles. The summed E-state index contributed by atoms with van der Waals surface area (Å²) in [5.74, 6) is 1.59. The van der Waals surface area contributed by atoms with Gasteiger partial charge in [-0.2, -0.15) is 0 Å². The fourth-order valence-corrected chi connectivity index (χ4v) is 2.15. The van der Waals surface area contributed by atoms with Crippen molar-refractivity contribution < 1.29 is 9.84 Å². The van der Waals surface area contributed by atoms with Gasteiger partial charge < -0.3 is 20.9 Å². The molecule has 122 valence electrons. The molecule has 2 aromatic rings. The molecule has 0 spiro atoms. The van der Waals surface area contributed by atoms with Gasteiger partial charge in [-0.15, -0.1) is 0 Å². The molecule has 0 atom stereocenters. The van der Waals surface area contributed by atoms with Crippen LogP contribution in [0.25, 0.3) is 0 Å². The van der Waals surface area contributed by atoms with Gasteiger partial charge in [0, 0.05) is 11.3 Å². The van der Waals surface area contributed by atoms with E-state index in [-0.39, 0.29) is 12.3 Å². The number of aliphatic imine (C=N–C) groups is 1. The molecule has 0 amide bonds. The lowest BCUT2D eigenvalue weighted by Crippen LogP contribution is -2.22. The first-order valence-corrected chi connectivity index (χ1v) is 7.52. The molecule has 0 fully saturated rings. The Morgan fingerprint density at radius 2 is 2.04 bits per heavy atom. The zero-order valence-electron chi connectivity index (χ0n) is 13.7. The summed E-state index contributed by atoms with van der Waals surface area (Å²) < 4.78 is 5.14. The lowest BCUT2D eigenvalue weighted by molar-refractivity contribution is 0.411. The van der Waals surface area contributed by atoms with Crippen LogP contribution in [0.3, 0.4) is 0 Å². The third kappa shape index (κ3) is 4.64. The zero-order valence-corrected chi connectivity index (χ0v) is 13.7. The number of aromatic hydroxyl groups is 1. The standard InChI is InChI=1S/C18H23N3O2/c1-12(2)13-5-4-6-15(9-13)21-18(19)20-11-14-10-16(23-3)7-8-17(14)22/h4-10,12,22H,11H2,1-3H3,(H3,19,20,21). The van der Waals surface area contributed by atoms with Crippen LogP contribution in [0.2, 0.25) is 0 Å². The Morgan fingerprint density at radius 3 is 2.74 bits per heavy atom. The SMILES string of the molecule is COc1ccc(O)c(CN=C(N)Nc2cccc(C(C)C)c2)c1. The number of ether oxygens (including phenoxy) is 1. The van der Waals surface area contributed by atoms with Crippen molar-refractivity contribution in [2.75, 3.05) is 12.4 Å². The van der Waals surface area contributed by atoms with Crippen molar-refractivity contribution in [1.82, 2.24) is 0 Å². The topological polar surface area (TPSA) is 79.9 Å². The molecular formula is C18H23N3O2. The summed E-state index contributed by atoms with van der Waals surface area (Å²) in [6.45, 7) is 4.55. The minimum atomic E-state index is 0.171. The number of phenols is 1. The second-order valence-corrected chi connectivity index (χ2v) is 5.60. The minimum Gasteiger partial charge on any atom is -0.508 e. The van der Waals surface area contributed by atoms with Crippen LogP contribution < -0.4 is 15.8 Å². The molecule has 0 saturated heterocycles. The number of rotatable bonds is 5. The minimum absolute atomic E-state index is 0.171. The molecule has 0 heterocycles. The monoisotopic (exact) mass is 313 g/mol. The summed E-state index contributed by atoms with van der Waals surface area (Å²) in [5, 5.41) is 12.9. The lowest BCUT2D eigenvalue weighted by Gasteiger charge is -2.10. The molecule has 2 aromatic carbocycles. The van der Waals surface area contributed by atoms with E-state index in [1.165, 1.54) is 5.56 Å². The number of benzene rings is 2. The van der Waals surface area contributed by atoms with Gasteiger partial charge in [-0.1, -0.05) is 26.0 Å². The van der Waals surface area contributed by atoms with Crippen molar-refractivity contribution >= 4 is 11.6 Å². The second-order valence-electron chi connectivity index (χ2n) is 5.60. The average Bonchev–Trinajstić information content (AvgIpc) is 2.54. The van der Waals surface area contributed by atoms with E-state index in [9.17, 15) is 5.11 Å². The van der Waals surface area contributed by atoms with E-state index in [0.29, 0.717) is 23.2 Å². The Bertz CT molecular complexity index is 696. The highest BCUT2D eigenvalue weighted by Crippen LogP contribution is 2.23. The van der Waals surface area contributed by atoms with Gasteiger partial charge in [-0.25, -0.2) is 4.99 Å². The second kappa shape index (κ2) is 7.54. The molecule has 4 N–H and O–H groups in total. The van der Waals surface area contributed by atoms with Crippen molar-refractivity contribution in [2.24, 2.45) is 10.7 Å². The molecular weight excluding hydrogens is 290 g/mol. The highest BCUT2D eigenvalue weighted by Gasteiger charge is 2.04. The van der Waals surface area contributed by atoms with E-state index in [0.717, 1.165) is 5.69 Å². The number of nitrogens with two attached hydrogens (primary N) is 1. The number of phenolic OH excluding ortho intramolecular Hbond substituents is 1. The largest absolute Gasteiger partial charge is 0.508 e. The van der Waals surface area contributed by atoms with Gasteiger partial charge >= 0.3 is 0 Å². The quantitative estimate of drug-likeness (QED) is 0.583. The normalized spacial score (nSPS) is 11.6. The number of anilines is 1. The van der Waals surface area contributed by atoms with Gasteiger partial charge in [0.1, 0.15) is 11.5 Å².